The van der Waals surface area contributed by atoms with Gasteiger partial charge in [-0.05, 0) is 12.1 Å². The maximum absolute atomic E-state index is 13.6. The van der Waals surface area contributed by atoms with Crippen LogP contribution in [0.15, 0.2) is 53.5 Å². The fourth-order valence-corrected chi connectivity index (χ4v) is 2.08. The predicted molar refractivity (Wildman–Crippen MR) is 86.5 cm³/mol. The van der Waals surface area contributed by atoms with E-state index in [9.17, 15) is 13.2 Å². The Morgan fingerprint density at radius 1 is 1.00 bits per heavy atom. The number of nitrogens with zero attached hydrogens (tertiary/aromatic N) is 1. The number of para-hydroxylation sites is 1. The molecule has 0 aliphatic rings. The molecule has 128 valence electrons. The average Bonchev–Trinajstić information content (AvgIpc) is 2.57. The summed E-state index contributed by atoms with van der Waals surface area (Å²) in [6.07, 6.45) is 0. The normalized spacial score (nSPS) is 11.5. The lowest BCUT2D eigenvalue weighted by molar-refractivity contribution is -0.0504. The smallest absolute Gasteiger partial charge is 0.387 e. The molecule has 0 saturated carbocycles. The number of ether oxygens (including phenoxy) is 1. The van der Waals surface area contributed by atoms with Crippen LogP contribution in [0.2, 0.25) is 0 Å². The van der Waals surface area contributed by atoms with E-state index in [0.29, 0.717) is 17.1 Å². The number of guanidine groups is 1. The lowest BCUT2D eigenvalue weighted by Gasteiger charge is -2.14. The van der Waals surface area contributed by atoms with E-state index in [1.807, 2.05) is 0 Å². The molecule has 0 aliphatic heterocycles. The first kappa shape index (κ1) is 17.7. The van der Waals surface area contributed by atoms with E-state index >= 15 is 0 Å². The van der Waals surface area contributed by atoms with Gasteiger partial charge >= 0.3 is 6.61 Å². The number of halogens is 3. The number of hydrogen-bond donors (Lipinski definition) is 2. The standard InChI is InChI=1S/C17H18F3N3O/c1-21-17(22-10-12-6-2-4-8-14(12)18)23-11-13-7-3-5-9-15(13)24-16(19)20/h2-9,16H,10-11H2,1H3,(H2,21,22,23). The van der Waals surface area contributed by atoms with Crippen molar-refractivity contribution in [3.8, 4) is 5.75 Å². The lowest BCUT2D eigenvalue weighted by Crippen LogP contribution is -2.36. The molecule has 0 radical (unpaired) electrons. The van der Waals surface area contributed by atoms with Crippen molar-refractivity contribution in [2.45, 2.75) is 19.7 Å². The number of alkyl halides is 2. The minimum Gasteiger partial charge on any atom is -0.434 e. The van der Waals surface area contributed by atoms with Crippen LogP contribution < -0.4 is 15.4 Å². The third-order valence-electron chi connectivity index (χ3n) is 3.26. The van der Waals surface area contributed by atoms with Gasteiger partial charge in [0.05, 0.1) is 0 Å². The Labute approximate surface area is 138 Å². The van der Waals surface area contributed by atoms with Crippen LogP contribution in [-0.2, 0) is 13.1 Å². The minimum atomic E-state index is -2.88. The van der Waals surface area contributed by atoms with Crippen LogP contribution in [0.4, 0.5) is 13.2 Å². The van der Waals surface area contributed by atoms with Crippen molar-refractivity contribution < 1.29 is 17.9 Å². The van der Waals surface area contributed by atoms with E-state index in [0.717, 1.165) is 0 Å². The van der Waals surface area contributed by atoms with Crippen molar-refractivity contribution in [2.75, 3.05) is 7.05 Å². The summed E-state index contributed by atoms with van der Waals surface area (Å²) in [6.45, 7) is -2.40. The highest BCUT2D eigenvalue weighted by atomic mass is 19.3. The molecule has 2 N–H and O–H groups in total. The van der Waals surface area contributed by atoms with Crippen molar-refractivity contribution in [2.24, 2.45) is 4.99 Å². The van der Waals surface area contributed by atoms with Gasteiger partial charge in [-0.2, -0.15) is 8.78 Å². The van der Waals surface area contributed by atoms with Gasteiger partial charge in [-0.15, -0.1) is 0 Å². The molecule has 0 saturated heterocycles. The summed E-state index contributed by atoms with van der Waals surface area (Å²) in [5.74, 6) is 0.214. The van der Waals surface area contributed by atoms with Crippen LogP contribution in [0.5, 0.6) is 5.75 Å². The van der Waals surface area contributed by atoms with Crippen molar-refractivity contribution in [1.82, 2.24) is 10.6 Å². The Morgan fingerprint density at radius 3 is 2.21 bits per heavy atom. The monoisotopic (exact) mass is 337 g/mol. The largest absolute Gasteiger partial charge is 0.434 e. The molecule has 2 aromatic rings. The summed E-state index contributed by atoms with van der Waals surface area (Å²) in [6, 6.07) is 12.9. The van der Waals surface area contributed by atoms with Gasteiger partial charge in [0.2, 0.25) is 0 Å². The molecular weight excluding hydrogens is 319 g/mol. The Kier molecular flexibility index (Phi) is 6.48. The number of nitrogens with one attached hydrogen (secondary N) is 2. The highest BCUT2D eigenvalue weighted by molar-refractivity contribution is 5.79. The first-order chi connectivity index (χ1) is 11.6. The fraction of sp³-hybridized carbons (Fsp3) is 0.235. The van der Waals surface area contributed by atoms with E-state index < -0.39 is 6.61 Å². The SMILES string of the molecule is CN=C(NCc1ccccc1F)NCc1ccccc1OC(F)F. The second-order valence-electron chi connectivity index (χ2n) is 4.86. The van der Waals surface area contributed by atoms with Gasteiger partial charge in [0, 0.05) is 31.3 Å². The van der Waals surface area contributed by atoms with E-state index in [4.69, 9.17) is 0 Å². The summed E-state index contributed by atoms with van der Waals surface area (Å²) < 4.78 is 42.8. The van der Waals surface area contributed by atoms with Gasteiger partial charge in [-0.25, -0.2) is 4.39 Å². The Morgan fingerprint density at radius 2 is 1.58 bits per heavy atom. The molecule has 0 spiro atoms. The summed E-state index contributed by atoms with van der Waals surface area (Å²) in [5, 5.41) is 5.95. The third kappa shape index (κ3) is 5.19. The maximum atomic E-state index is 13.6. The quantitative estimate of drug-likeness (QED) is 0.628. The summed E-state index contributed by atoms with van der Waals surface area (Å²) in [5.41, 5.74) is 1.06. The molecule has 2 rings (SSSR count). The minimum absolute atomic E-state index is 0.101. The second kappa shape index (κ2) is 8.81. The molecule has 7 heteroatoms. The van der Waals surface area contributed by atoms with E-state index in [1.54, 1.807) is 43.4 Å². The highest BCUT2D eigenvalue weighted by Gasteiger charge is 2.09. The number of benzene rings is 2. The van der Waals surface area contributed by atoms with Crippen LogP contribution in [0.1, 0.15) is 11.1 Å². The van der Waals surface area contributed by atoms with Crippen LogP contribution in [0, 0.1) is 5.82 Å². The maximum Gasteiger partial charge on any atom is 0.387 e. The molecule has 0 bridgehead atoms. The molecule has 4 nitrogen and oxygen atoms in total. The van der Waals surface area contributed by atoms with Gasteiger partial charge in [0.15, 0.2) is 5.96 Å². The Bertz CT molecular complexity index is 692. The van der Waals surface area contributed by atoms with Crippen LogP contribution in [-0.4, -0.2) is 19.6 Å². The van der Waals surface area contributed by atoms with Gasteiger partial charge in [-0.3, -0.25) is 4.99 Å². The highest BCUT2D eigenvalue weighted by Crippen LogP contribution is 2.19. The molecule has 0 amide bonds. The topological polar surface area (TPSA) is 45.7 Å². The van der Waals surface area contributed by atoms with Crippen molar-refractivity contribution in [1.29, 1.82) is 0 Å². The van der Waals surface area contributed by atoms with Crippen molar-refractivity contribution >= 4 is 5.96 Å². The zero-order chi connectivity index (χ0) is 17.4. The Balaban J connectivity index is 1.94. The lowest BCUT2D eigenvalue weighted by atomic mass is 10.2. The summed E-state index contributed by atoms with van der Waals surface area (Å²) in [7, 11) is 1.57. The zero-order valence-electron chi connectivity index (χ0n) is 13.1. The van der Waals surface area contributed by atoms with Gasteiger partial charge in [-0.1, -0.05) is 36.4 Å². The molecule has 0 heterocycles. The summed E-state index contributed by atoms with van der Waals surface area (Å²) in [4.78, 5) is 4.02. The van der Waals surface area contributed by atoms with Crippen molar-refractivity contribution in [3.63, 3.8) is 0 Å². The van der Waals surface area contributed by atoms with Gasteiger partial charge in [0.1, 0.15) is 11.6 Å². The van der Waals surface area contributed by atoms with Gasteiger partial charge in [0.25, 0.3) is 0 Å². The predicted octanol–water partition coefficient (Wildman–Crippen LogP) is 3.29. The molecule has 0 fully saturated rings. The molecule has 0 aliphatic carbocycles. The average molecular weight is 337 g/mol. The van der Waals surface area contributed by atoms with E-state index in [2.05, 4.69) is 20.4 Å². The van der Waals surface area contributed by atoms with Crippen LogP contribution in [0.3, 0.4) is 0 Å². The first-order valence-electron chi connectivity index (χ1n) is 7.30. The molecule has 0 aromatic heterocycles. The van der Waals surface area contributed by atoms with Crippen molar-refractivity contribution in [3.05, 3.63) is 65.5 Å². The fourth-order valence-electron chi connectivity index (χ4n) is 2.08. The van der Waals surface area contributed by atoms with E-state index in [1.165, 1.54) is 12.1 Å². The van der Waals surface area contributed by atoms with E-state index in [-0.39, 0.29) is 24.7 Å². The van der Waals surface area contributed by atoms with Crippen LogP contribution >= 0.6 is 0 Å². The number of aliphatic imine (C=N–C) groups is 1. The molecule has 0 unspecified atom stereocenters. The second-order valence-corrected chi connectivity index (χ2v) is 4.86. The van der Waals surface area contributed by atoms with Gasteiger partial charge < -0.3 is 15.4 Å². The first-order valence-corrected chi connectivity index (χ1v) is 7.30. The molecule has 0 atom stereocenters. The third-order valence-corrected chi connectivity index (χ3v) is 3.26. The number of hydrogen-bond acceptors (Lipinski definition) is 2. The summed E-state index contributed by atoms with van der Waals surface area (Å²) >= 11 is 0. The molecular formula is C17H18F3N3O. The zero-order valence-corrected chi connectivity index (χ0v) is 13.1. The van der Waals surface area contributed by atoms with Crippen LogP contribution in [0.25, 0.3) is 0 Å². The molecule has 24 heavy (non-hydrogen) atoms. The molecule has 2 aromatic carbocycles. The Hall–Kier alpha value is -2.70. The number of rotatable bonds is 6.